The van der Waals surface area contributed by atoms with Crippen LogP contribution in [0.2, 0.25) is 0 Å². The molecule has 2 heterocycles. The summed E-state index contributed by atoms with van der Waals surface area (Å²) in [6, 6.07) is 4.38. The van der Waals surface area contributed by atoms with Crippen molar-refractivity contribution >= 4 is 5.82 Å². The second-order valence-corrected chi connectivity index (χ2v) is 6.46. The van der Waals surface area contributed by atoms with Gasteiger partial charge in [-0.2, -0.15) is 0 Å². The molecule has 0 atom stereocenters. The molecule has 0 bridgehead atoms. The van der Waals surface area contributed by atoms with Crippen LogP contribution in [0.4, 0.5) is 5.82 Å². The summed E-state index contributed by atoms with van der Waals surface area (Å²) in [6.07, 6.45) is 3.66. The monoisotopic (exact) mass is 301 g/mol. The molecule has 1 fully saturated rings. The zero-order chi connectivity index (χ0) is 15.7. The smallest absolute Gasteiger partial charge is 0.156 e. The molecule has 2 aromatic rings. The lowest BCUT2D eigenvalue weighted by atomic mass is 9.78. The second-order valence-electron chi connectivity index (χ2n) is 6.46. The van der Waals surface area contributed by atoms with Crippen LogP contribution in [0.15, 0.2) is 23.0 Å². The van der Waals surface area contributed by atoms with E-state index in [0.717, 1.165) is 35.8 Å². The average molecular weight is 301 g/mol. The van der Waals surface area contributed by atoms with Gasteiger partial charge in [-0.3, -0.25) is 0 Å². The normalized spacial score (nSPS) is 21.0. The highest BCUT2D eigenvalue weighted by molar-refractivity contribution is 5.39. The molecule has 118 valence electrons. The van der Waals surface area contributed by atoms with E-state index in [2.05, 4.69) is 35.0 Å². The van der Waals surface area contributed by atoms with E-state index in [4.69, 9.17) is 10.3 Å². The quantitative estimate of drug-likeness (QED) is 0.913. The molecule has 3 rings (SSSR count). The molecule has 0 amide bonds. The molecule has 0 unspecified atom stereocenters. The van der Waals surface area contributed by atoms with Crippen LogP contribution >= 0.6 is 0 Å². The summed E-state index contributed by atoms with van der Waals surface area (Å²) < 4.78 is 5.39. The number of rotatable bonds is 5. The van der Waals surface area contributed by atoms with E-state index in [9.17, 15) is 0 Å². The second kappa shape index (κ2) is 6.04. The summed E-state index contributed by atoms with van der Waals surface area (Å²) in [4.78, 5) is 10.8. The topological polar surface area (TPSA) is 81.1 Å². The van der Waals surface area contributed by atoms with Crippen LogP contribution in [0.25, 0.3) is 0 Å². The first-order valence-corrected chi connectivity index (χ1v) is 7.77. The van der Waals surface area contributed by atoms with Gasteiger partial charge in [0.15, 0.2) is 5.76 Å². The maximum atomic E-state index is 5.86. The standard InChI is InChI=1S/C16H23N5O/c1-10(2)14-6-13(22-20-14)8-21(3)16-7-15(18-9-19-16)11-4-12(17)5-11/h6-7,9-12H,4-5,8,17H2,1-3H3. The molecule has 1 aliphatic rings. The molecular weight excluding hydrogens is 278 g/mol. The van der Waals surface area contributed by atoms with Gasteiger partial charge >= 0.3 is 0 Å². The molecule has 0 aliphatic heterocycles. The minimum atomic E-state index is 0.324. The van der Waals surface area contributed by atoms with Gasteiger partial charge in [-0.25, -0.2) is 9.97 Å². The van der Waals surface area contributed by atoms with Gasteiger partial charge in [0.05, 0.1) is 12.2 Å². The molecule has 0 saturated heterocycles. The first-order chi connectivity index (χ1) is 10.5. The molecule has 6 nitrogen and oxygen atoms in total. The van der Waals surface area contributed by atoms with Crippen molar-refractivity contribution in [2.75, 3.05) is 11.9 Å². The van der Waals surface area contributed by atoms with Crippen molar-refractivity contribution in [1.82, 2.24) is 15.1 Å². The maximum absolute atomic E-state index is 5.86. The van der Waals surface area contributed by atoms with Crippen molar-refractivity contribution in [1.29, 1.82) is 0 Å². The van der Waals surface area contributed by atoms with Gasteiger partial charge in [-0.15, -0.1) is 0 Å². The van der Waals surface area contributed by atoms with Crippen molar-refractivity contribution in [3.63, 3.8) is 0 Å². The van der Waals surface area contributed by atoms with Gasteiger partial charge in [0.1, 0.15) is 12.1 Å². The molecular formula is C16H23N5O. The Morgan fingerprint density at radius 2 is 2.09 bits per heavy atom. The van der Waals surface area contributed by atoms with E-state index in [1.807, 2.05) is 18.0 Å². The summed E-state index contributed by atoms with van der Waals surface area (Å²) in [6.45, 7) is 4.84. The van der Waals surface area contributed by atoms with Gasteiger partial charge in [-0.1, -0.05) is 19.0 Å². The molecule has 1 saturated carbocycles. The molecule has 0 radical (unpaired) electrons. The Morgan fingerprint density at radius 3 is 2.73 bits per heavy atom. The number of aromatic nitrogens is 3. The largest absolute Gasteiger partial charge is 0.359 e. The third-order valence-electron chi connectivity index (χ3n) is 4.22. The Morgan fingerprint density at radius 1 is 1.32 bits per heavy atom. The fraction of sp³-hybridized carbons (Fsp3) is 0.562. The van der Waals surface area contributed by atoms with Crippen LogP contribution in [-0.2, 0) is 6.54 Å². The minimum absolute atomic E-state index is 0.324. The molecule has 1 aliphatic carbocycles. The van der Waals surface area contributed by atoms with Crippen LogP contribution in [0, 0.1) is 0 Å². The van der Waals surface area contributed by atoms with E-state index in [1.54, 1.807) is 6.33 Å². The van der Waals surface area contributed by atoms with Gasteiger partial charge in [0, 0.05) is 36.8 Å². The van der Waals surface area contributed by atoms with E-state index >= 15 is 0 Å². The third-order valence-corrected chi connectivity index (χ3v) is 4.22. The zero-order valence-corrected chi connectivity index (χ0v) is 13.4. The van der Waals surface area contributed by atoms with Crippen LogP contribution < -0.4 is 10.6 Å². The molecule has 2 aromatic heterocycles. The van der Waals surface area contributed by atoms with Crippen molar-refractivity contribution in [3.05, 3.63) is 35.6 Å². The van der Waals surface area contributed by atoms with E-state index < -0.39 is 0 Å². The van der Waals surface area contributed by atoms with Crippen molar-refractivity contribution in [2.45, 2.75) is 51.1 Å². The fourth-order valence-electron chi connectivity index (χ4n) is 2.69. The van der Waals surface area contributed by atoms with Crippen LogP contribution in [0.1, 0.15) is 55.7 Å². The molecule has 0 spiro atoms. The number of hydrogen-bond donors (Lipinski definition) is 1. The van der Waals surface area contributed by atoms with Gasteiger partial charge in [0.25, 0.3) is 0 Å². The summed E-state index contributed by atoms with van der Waals surface area (Å²) in [5, 5.41) is 4.09. The first-order valence-electron chi connectivity index (χ1n) is 7.77. The highest BCUT2D eigenvalue weighted by atomic mass is 16.5. The Labute approximate surface area is 130 Å². The lowest BCUT2D eigenvalue weighted by molar-refractivity contribution is 0.345. The van der Waals surface area contributed by atoms with E-state index in [1.165, 1.54) is 0 Å². The summed E-state index contributed by atoms with van der Waals surface area (Å²) in [5.74, 6) is 2.59. The predicted octanol–water partition coefficient (Wildman–Crippen LogP) is 2.43. The molecule has 6 heteroatoms. The van der Waals surface area contributed by atoms with Crippen LogP contribution in [0.5, 0.6) is 0 Å². The van der Waals surface area contributed by atoms with Crippen LogP contribution in [-0.4, -0.2) is 28.2 Å². The van der Waals surface area contributed by atoms with E-state index in [0.29, 0.717) is 24.4 Å². The Balaban J connectivity index is 1.68. The summed E-state index contributed by atoms with van der Waals surface area (Å²) in [5.41, 5.74) is 7.92. The summed E-state index contributed by atoms with van der Waals surface area (Å²) >= 11 is 0. The molecule has 0 aromatic carbocycles. The van der Waals surface area contributed by atoms with Crippen molar-refractivity contribution < 1.29 is 4.52 Å². The maximum Gasteiger partial charge on any atom is 0.156 e. The first kappa shape index (κ1) is 15.0. The van der Waals surface area contributed by atoms with Crippen molar-refractivity contribution in [3.8, 4) is 0 Å². The van der Waals surface area contributed by atoms with Gasteiger partial charge < -0.3 is 15.2 Å². The zero-order valence-electron chi connectivity index (χ0n) is 13.4. The highest BCUT2D eigenvalue weighted by Crippen LogP contribution is 2.35. The minimum Gasteiger partial charge on any atom is -0.359 e. The lowest BCUT2D eigenvalue weighted by Crippen LogP contribution is -2.35. The average Bonchev–Trinajstić information content (AvgIpc) is 2.93. The Hall–Kier alpha value is -1.95. The van der Waals surface area contributed by atoms with Crippen LogP contribution in [0.3, 0.4) is 0 Å². The lowest BCUT2D eigenvalue weighted by Gasteiger charge is -2.32. The SMILES string of the molecule is CC(C)c1cc(CN(C)c2cc(C3CC(N)C3)ncn2)on1. The summed E-state index contributed by atoms with van der Waals surface area (Å²) in [7, 11) is 2.00. The van der Waals surface area contributed by atoms with Crippen molar-refractivity contribution in [2.24, 2.45) is 5.73 Å². The Kier molecular flexibility index (Phi) is 4.11. The van der Waals surface area contributed by atoms with Gasteiger partial charge in [0.2, 0.25) is 0 Å². The van der Waals surface area contributed by atoms with E-state index in [-0.39, 0.29) is 0 Å². The third kappa shape index (κ3) is 3.11. The molecule has 22 heavy (non-hydrogen) atoms. The Bertz CT molecular complexity index is 633. The highest BCUT2D eigenvalue weighted by Gasteiger charge is 2.28. The number of hydrogen-bond acceptors (Lipinski definition) is 6. The fourth-order valence-corrected chi connectivity index (χ4v) is 2.69. The number of nitrogens with two attached hydrogens (primary N) is 1. The number of nitrogens with zero attached hydrogens (tertiary/aromatic N) is 4. The number of anilines is 1. The predicted molar refractivity (Wildman–Crippen MR) is 84.7 cm³/mol. The molecule has 2 N–H and O–H groups in total. The van der Waals surface area contributed by atoms with Gasteiger partial charge in [-0.05, 0) is 18.8 Å².